The van der Waals surface area contributed by atoms with Gasteiger partial charge in [0, 0.05) is 34.6 Å². The van der Waals surface area contributed by atoms with Crippen molar-refractivity contribution in [2.24, 2.45) is 11.0 Å². The molecule has 3 atom stereocenters. The van der Waals surface area contributed by atoms with Crippen LogP contribution in [0.4, 0.5) is 14.9 Å². The second kappa shape index (κ2) is 12.8. The van der Waals surface area contributed by atoms with Crippen LogP contribution in [0.3, 0.4) is 0 Å². The number of halogens is 2. The summed E-state index contributed by atoms with van der Waals surface area (Å²) in [5.74, 6) is -1.72. The third-order valence-electron chi connectivity index (χ3n) is 7.58. The van der Waals surface area contributed by atoms with Gasteiger partial charge in [-0.15, -0.1) is 0 Å². The van der Waals surface area contributed by atoms with Gasteiger partial charge in [-0.2, -0.15) is 0 Å². The van der Waals surface area contributed by atoms with Crippen LogP contribution in [0.5, 0.6) is 0 Å². The fourth-order valence-corrected chi connectivity index (χ4v) is 5.77. The number of pyridine rings is 1. The summed E-state index contributed by atoms with van der Waals surface area (Å²) < 4.78 is 26.1. The van der Waals surface area contributed by atoms with Gasteiger partial charge in [0.05, 0.1) is 30.7 Å². The number of hydrogen-bond donors (Lipinski definition) is 2. The quantitative estimate of drug-likeness (QED) is 0.221. The Morgan fingerprint density at radius 3 is 2.65 bits per heavy atom. The number of carbonyl (C=O) groups is 2. The molecule has 0 aliphatic carbocycles. The summed E-state index contributed by atoms with van der Waals surface area (Å²) >= 11 is 6.10. The molecule has 0 radical (unpaired) electrons. The van der Waals surface area contributed by atoms with Gasteiger partial charge in [-0.3, -0.25) is 14.7 Å². The number of anilines is 1. The summed E-state index contributed by atoms with van der Waals surface area (Å²) in [4.78, 5) is 33.6. The minimum Gasteiger partial charge on any atom is -0.465 e. The molecule has 2 fully saturated rings. The number of ether oxygens (including phenoxy) is 2. The number of azide groups is 1. The van der Waals surface area contributed by atoms with Gasteiger partial charge < -0.3 is 19.9 Å². The Morgan fingerprint density at radius 2 is 2.00 bits per heavy atom. The number of carbonyl (C=O) groups excluding carboxylic acids is 1. The van der Waals surface area contributed by atoms with E-state index in [1.165, 1.54) is 11.1 Å². The van der Waals surface area contributed by atoms with E-state index in [1.807, 2.05) is 12.1 Å². The van der Waals surface area contributed by atoms with E-state index in [4.69, 9.17) is 21.1 Å². The number of rotatable bonds is 9. The first-order valence-electron chi connectivity index (χ1n) is 13.1. The van der Waals surface area contributed by atoms with Crippen molar-refractivity contribution >= 4 is 29.3 Å². The maximum absolute atomic E-state index is 15.0. The topological polar surface area (TPSA) is 150 Å². The highest BCUT2D eigenvalue weighted by Crippen LogP contribution is 2.38. The Balaban J connectivity index is 1.59. The molecule has 2 N–H and O–H groups in total. The lowest BCUT2D eigenvalue weighted by atomic mass is 9.76. The Labute approximate surface area is 236 Å². The fourth-order valence-electron chi connectivity index (χ4n) is 5.64. The lowest BCUT2D eigenvalue weighted by molar-refractivity contribution is -0.118. The first-order chi connectivity index (χ1) is 19.1. The maximum atomic E-state index is 15.0. The van der Waals surface area contributed by atoms with Crippen LogP contribution in [0.1, 0.15) is 50.2 Å². The minimum atomic E-state index is -1.14. The number of carboxylic acid groups (broad SMARTS) is 1. The third-order valence-corrected chi connectivity index (χ3v) is 7.84. The van der Waals surface area contributed by atoms with E-state index < -0.39 is 41.5 Å². The predicted molar refractivity (Wildman–Crippen MR) is 145 cm³/mol. The van der Waals surface area contributed by atoms with E-state index >= 15 is 4.39 Å². The van der Waals surface area contributed by atoms with Gasteiger partial charge in [0.2, 0.25) is 5.91 Å². The molecule has 11 nitrogen and oxygen atoms in total. The molecule has 1 aromatic carbocycles. The van der Waals surface area contributed by atoms with Crippen LogP contribution in [0, 0.1) is 11.7 Å². The van der Waals surface area contributed by atoms with E-state index in [0.29, 0.717) is 31.1 Å². The van der Waals surface area contributed by atoms with E-state index in [0.717, 1.165) is 11.8 Å². The van der Waals surface area contributed by atoms with Crippen LogP contribution >= 0.6 is 11.6 Å². The highest BCUT2D eigenvalue weighted by Gasteiger charge is 2.44. The first kappa shape index (κ1) is 29.5. The Bertz CT molecular complexity index is 1270. The van der Waals surface area contributed by atoms with Gasteiger partial charge in [-0.05, 0) is 68.7 Å². The van der Waals surface area contributed by atoms with E-state index in [1.54, 1.807) is 26.0 Å². The maximum Gasteiger partial charge on any atom is 0.409 e. The number of aromatic nitrogens is 1. The van der Waals surface area contributed by atoms with Crippen molar-refractivity contribution in [1.29, 1.82) is 0 Å². The second-order valence-corrected chi connectivity index (χ2v) is 10.9. The number of hydrogen-bond acceptors (Lipinski definition) is 6. The molecule has 2 aliphatic heterocycles. The number of amides is 2. The number of nitrogens with zero attached hydrogens (tertiary/aromatic N) is 5. The Hall–Kier alpha value is -3.44. The molecule has 0 bridgehead atoms. The summed E-state index contributed by atoms with van der Waals surface area (Å²) in [5.41, 5.74) is 9.49. The molecule has 0 saturated carbocycles. The zero-order valence-electron chi connectivity index (χ0n) is 22.3. The monoisotopic (exact) mass is 574 g/mol. The van der Waals surface area contributed by atoms with Crippen molar-refractivity contribution in [2.45, 2.75) is 63.3 Å². The highest BCUT2D eigenvalue weighted by molar-refractivity contribution is 6.30. The number of benzene rings is 1. The summed E-state index contributed by atoms with van der Waals surface area (Å²) in [6.07, 6.45) is 2.96. The smallest absolute Gasteiger partial charge is 0.409 e. The van der Waals surface area contributed by atoms with Gasteiger partial charge in [-0.25, -0.2) is 9.18 Å². The molecule has 1 unspecified atom stereocenters. The zero-order chi connectivity index (χ0) is 28.9. The van der Waals surface area contributed by atoms with E-state index in [-0.39, 0.29) is 36.6 Å². The molecule has 4 rings (SSSR count). The van der Waals surface area contributed by atoms with Crippen LogP contribution in [0.15, 0.2) is 41.8 Å². The van der Waals surface area contributed by atoms with Crippen molar-refractivity contribution < 1.29 is 28.6 Å². The highest BCUT2D eigenvalue weighted by atomic mass is 35.5. The molecule has 0 spiro atoms. The van der Waals surface area contributed by atoms with Gasteiger partial charge in [0.25, 0.3) is 0 Å². The molecule has 1 aromatic heterocycles. The zero-order valence-corrected chi connectivity index (χ0v) is 23.1. The minimum absolute atomic E-state index is 0.00555. The molecule has 40 heavy (non-hydrogen) atoms. The molecule has 2 amide bonds. The molecule has 13 heteroatoms. The average molecular weight is 575 g/mol. The second-order valence-electron chi connectivity index (χ2n) is 10.4. The van der Waals surface area contributed by atoms with Gasteiger partial charge in [0.1, 0.15) is 17.6 Å². The summed E-state index contributed by atoms with van der Waals surface area (Å²) in [5, 5.41) is 16.8. The molecule has 2 aliphatic rings. The van der Waals surface area contributed by atoms with Gasteiger partial charge in [0.15, 0.2) is 0 Å². The largest absolute Gasteiger partial charge is 0.465 e. The third kappa shape index (κ3) is 6.64. The first-order valence-corrected chi connectivity index (χ1v) is 13.5. The van der Waals surface area contributed by atoms with Crippen molar-refractivity contribution in [2.75, 3.05) is 25.1 Å². The van der Waals surface area contributed by atoms with E-state index in [9.17, 15) is 20.2 Å². The van der Waals surface area contributed by atoms with Crippen molar-refractivity contribution in [3.05, 3.63) is 69.1 Å². The summed E-state index contributed by atoms with van der Waals surface area (Å²) in [6.45, 7) is 4.52. The molecule has 2 aromatic rings. The number of nitrogens with one attached hydrogen (secondary N) is 1. The van der Waals surface area contributed by atoms with Crippen LogP contribution in [-0.4, -0.2) is 64.6 Å². The SMILES string of the molecule is CC1(C)OCC(CCc2c(F)cncc2NC(=O)[C@@H](N=[N+]=[N-])[C@@H](c2ccc(Cl)cc2)C2CCOCC2)N1C(=O)O. The Kier molecular flexibility index (Phi) is 9.47. The normalized spacial score (nSPS) is 20.4. The molecular formula is C27H32ClFN6O5. The molecular weight excluding hydrogens is 543 g/mol. The van der Waals surface area contributed by atoms with Crippen LogP contribution < -0.4 is 5.32 Å². The molecule has 2 saturated heterocycles. The van der Waals surface area contributed by atoms with Crippen LogP contribution in [0.2, 0.25) is 5.02 Å². The fraction of sp³-hybridized carbons (Fsp3) is 0.519. The average Bonchev–Trinajstić information content (AvgIpc) is 3.23. The summed E-state index contributed by atoms with van der Waals surface area (Å²) in [6, 6.07) is 5.42. The Morgan fingerprint density at radius 1 is 1.30 bits per heavy atom. The van der Waals surface area contributed by atoms with Gasteiger partial charge in [-0.1, -0.05) is 28.8 Å². The molecule has 3 heterocycles. The van der Waals surface area contributed by atoms with Crippen molar-refractivity contribution in [1.82, 2.24) is 9.88 Å². The van der Waals surface area contributed by atoms with Crippen LogP contribution in [-0.2, 0) is 20.7 Å². The van der Waals surface area contributed by atoms with Crippen LogP contribution in [0.25, 0.3) is 10.4 Å². The van der Waals surface area contributed by atoms with E-state index in [2.05, 4.69) is 20.3 Å². The predicted octanol–water partition coefficient (Wildman–Crippen LogP) is 5.75. The van der Waals surface area contributed by atoms with Crippen molar-refractivity contribution in [3.8, 4) is 0 Å². The lowest BCUT2D eigenvalue weighted by Gasteiger charge is -2.34. The molecule has 214 valence electrons. The standard InChI is InChI=1S/C27H32ClFN6O5/c1-27(2)35(26(37)38)19(15-40-27)7-8-20-21(29)13-31-14-22(20)32-25(36)24(33-34-30)23(17-9-11-39-12-10-17)16-3-5-18(28)6-4-16/h3-6,13-14,17,19,23-24H,7-12,15H2,1-2H3,(H,32,36)(H,37,38)/t19?,23-,24-/m0/s1. The summed E-state index contributed by atoms with van der Waals surface area (Å²) in [7, 11) is 0. The lowest BCUT2D eigenvalue weighted by Crippen LogP contribution is -2.47. The van der Waals surface area contributed by atoms with Crippen molar-refractivity contribution in [3.63, 3.8) is 0 Å². The van der Waals surface area contributed by atoms with Gasteiger partial charge >= 0.3 is 6.09 Å².